The van der Waals surface area contributed by atoms with Crippen LogP contribution in [0.25, 0.3) is 0 Å². The minimum Gasteiger partial charge on any atom is -0.496 e. The van der Waals surface area contributed by atoms with Crippen molar-refractivity contribution in [2.75, 3.05) is 18.7 Å². The van der Waals surface area contributed by atoms with Crippen LogP contribution in [0.3, 0.4) is 0 Å². The summed E-state index contributed by atoms with van der Waals surface area (Å²) < 4.78 is 35.1. The van der Waals surface area contributed by atoms with Gasteiger partial charge in [0.2, 0.25) is 5.91 Å². The highest BCUT2D eigenvalue weighted by atomic mass is 35.5. The van der Waals surface area contributed by atoms with Gasteiger partial charge in [0.05, 0.1) is 36.0 Å². The van der Waals surface area contributed by atoms with E-state index in [4.69, 9.17) is 32.7 Å². The van der Waals surface area contributed by atoms with Gasteiger partial charge in [-0.3, -0.25) is 4.79 Å². The van der Waals surface area contributed by atoms with Crippen molar-refractivity contribution in [3.63, 3.8) is 0 Å². The number of nitrogens with one attached hydrogen (secondary N) is 1. The Hall–Kier alpha value is -2.75. The van der Waals surface area contributed by atoms with Gasteiger partial charge in [-0.05, 0) is 36.2 Å². The third kappa shape index (κ3) is 6.19. The van der Waals surface area contributed by atoms with Crippen LogP contribution in [0.2, 0.25) is 10.0 Å². The van der Waals surface area contributed by atoms with Crippen molar-refractivity contribution in [1.82, 2.24) is 9.19 Å². The fourth-order valence-electron chi connectivity index (χ4n) is 3.08. The first kappa shape index (κ1) is 24.9. The Balaban J connectivity index is 1.74. The molecule has 0 spiro atoms. The highest BCUT2D eigenvalue weighted by Gasteiger charge is 2.16. The lowest BCUT2D eigenvalue weighted by Crippen LogP contribution is -2.14. The lowest BCUT2D eigenvalue weighted by atomic mass is 10.0. The van der Waals surface area contributed by atoms with Crippen molar-refractivity contribution in [1.29, 1.82) is 0 Å². The highest BCUT2D eigenvalue weighted by Crippen LogP contribution is 2.40. The molecule has 3 rings (SSSR count). The zero-order valence-corrected chi connectivity index (χ0v) is 20.8. The standard InChI is InChI=1S/C22H23Cl2N3O5S/c1-13(2)17-10-16(5-6-20(17)31-3)32-22-18(23)8-15(9-19(22)24)26-21(28)7-14-11-25-27(12-14)33(4,29)30/h5-6,8-13H,7H2,1-4H3,(H,26,28). The van der Waals surface area contributed by atoms with Crippen molar-refractivity contribution < 1.29 is 22.7 Å². The monoisotopic (exact) mass is 511 g/mol. The van der Waals surface area contributed by atoms with Gasteiger partial charge in [-0.2, -0.15) is 9.19 Å². The summed E-state index contributed by atoms with van der Waals surface area (Å²) in [5.74, 6) is 1.39. The van der Waals surface area contributed by atoms with E-state index in [1.54, 1.807) is 13.2 Å². The van der Waals surface area contributed by atoms with Crippen molar-refractivity contribution in [3.8, 4) is 17.2 Å². The molecule has 1 N–H and O–H groups in total. The number of nitrogens with zero attached hydrogens (tertiary/aromatic N) is 2. The predicted molar refractivity (Wildman–Crippen MR) is 128 cm³/mol. The summed E-state index contributed by atoms with van der Waals surface area (Å²) in [4.78, 5) is 12.4. The molecule has 0 bridgehead atoms. The smallest absolute Gasteiger partial charge is 0.250 e. The van der Waals surface area contributed by atoms with E-state index in [-0.39, 0.29) is 34.0 Å². The number of carbonyl (C=O) groups excluding carboxylic acids is 1. The zero-order chi connectivity index (χ0) is 24.3. The second kappa shape index (κ2) is 10.0. The van der Waals surface area contributed by atoms with Crippen LogP contribution in [0, 0.1) is 0 Å². The molecule has 33 heavy (non-hydrogen) atoms. The first-order valence-electron chi connectivity index (χ1n) is 9.86. The lowest BCUT2D eigenvalue weighted by molar-refractivity contribution is -0.115. The Labute approximate surface area is 202 Å². The van der Waals surface area contributed by atoms with E-state index in [2.05, 4.69) is 10.4 Å². The maximum Gasteiger partial charge on any atom is 0.250 e. The van der Waals surface area contributed by atoms with Crippen LogP contribution >= 0.6 is 23.2 Å². The predicted octanol–water partition coefficient (Wildman–Crippen LogP) is 5.10. The summed E-state index contributed by atoms with van der Waals surface area (Å²) in [6, 6.07) is 8.47. The average molecular weight is 512 g/mol. The van der Waals surface area contributed by atoms with Crippen LogP contribution in [0.5, 0.6) is 17.2 Å². The van der Waals surface area contributed by atoms with Gasteiger partial charge in [0.15, 0.2) is 5.75 Å². The van der Waals surface area contributed by atoms with Gasteiger partial charge in [-0.1, -0.05) is 37.0 Å². The van der Waals surface area contributed by atoms with Gasteiger partial charge >= 0.3 is 0 Å². The van der Waals surface area contributed by atoms with Crippen LogP contribution in [0.15, 0.2) is 42.7 Å². The minimum atomic E-state index is -3.51. The summed E-state index contributed by atoms with van der Waals surface area (Å²) in [6.07, 6.45) is 3.55. The van der Waals surface area contributed by atoms with Crippen molar-refractivity contribution in [3.05, 3.63) is 63.9 Å². The number of carbonyl (C=O) groups is 1. The summed E-state index contributed by atoms with van der Waals surface area (Å²) >= 11 is 12.8. The summed E-state index contributed by atoms with van der Waals surface area (Å²) in [6.45, 7) is 4.09. The molecule has 176 valence electrons. The molecule has 0 aliphatic carbocycles. The van der Waals surface area contributed by atoms with Crippen molar-refractivity contribution in [2.24, 2.45) is 0 Å². The molecular formula is C22H23Cl2N3O5S. The zero-order valence-electron chi connectivity index (χ0n) is 18.4. The van der Waals surface area contributed by atoms with E-state index in [0.717, 1.165) is 21.7 Å². The van der Waals surface area contributed by atoms with E-state index in [0.29, 0.717) is 17.0 Å². The number of benzene rings is 2. The number of amides is 1. The SMILES string of the molecule is COc1ccc(Oc2c(Cl)cc(NC(=O)Cc3cnn(S(C)(=O)=O)c3)cc2Cl)cc1C(C)C. The number of rotatable bonds is 8. The number of hydrogen-bond donors (Lipinski definition) is 1. The van der Waals surface area contributed by atoms with E-state index < -0.39 is 10.0 Å². The maximum absolute atomic E-state index is 12.4. The van der Waals surface area contributed by atoms with Crippen LogP contribution in [0.1, 0.15) is 30.9 Å². The Bertz CT molecular complexity index is 1270. The molecule has 1 heterocycles. The molecule has 1 amide bonds. The Morgan fingerprint density at radius 1 is 1.18 bits per heavy atom. The Morgan fingerprint density at radius 3 is 2.39 bits per heavy atom. The second-order valence-corrected chi connectivity index (χ2v) is 10.3. The number of methoxy groups -OCH3 is 1. The molecule has 11 heteroatoms. The van der Waals surface area contributed by atoms with Crippen LogP contribution in [0.4, 0.5) is 5.69 Å². The molecule has 0 radical (unpaired) electrons. The maximum atomic E-state index is 12.4. The second-order valence-electron chi connectivity index (χ2n) is 7.64. The fraction of sp³-hybridized carbons (Fsp3) is 0.273. The molecule has 0 saturated carbocycles. The average Bonchev–Trinajstić information content (AvgIpc) is 3.19. The van der Waals surface area contributed by atoms with Gasteiger partial charge in [0, 0.05) is 23.0 Å². The van der Waals surface area contributed by atoms with Crippen LogP contribution in [-0.4, -0.2) is 36.9 Å². The van der Waals surface area contributed by atoms with Gasteiger partial charge in [0.1, 0.15) is 11.5 Å². The fourth-order valence-corrected chi connectivity index (χ4v) is 4.19. The van der Waals surface area contributed by atoms with E-state index >= 15 is 0 Å². The number of hydrogen-bond acceptors (Lipinski definition) is 6. The molecule has 0 saturated heterocycles. The van der Waals surface area contributed by atoms with E-state index in [1.807, 2.05) is 26.0 Å². The summed E-state index contributed by atoms with van der Waals surface area (Å²) in [5.41, 5.74) is 1.79. The third-order valence-corrected chi connectivity index (χ3v) is 6.08. The van der Waals surface area contributed by atoms with Crippen LogP contribution in [-0.2, 0) is 21.2 Å². The highest BCUT2D eigenvalue weighted by molar-refractivity contribution is 7.89. The quantitative estimate of drug-likeness (QED) is 0.451. The minimum absolute atomic E-state index is 0.0766. The van der Waals surface area contributed by atoms with Crippen molar-refractivity contribution in [2.45, 2.75) is 26.2 Å². The molecule has 0 fully saturated rings. The Kier molecular flexibility index (Phi) is 7.56. The van der Waals surface area contributed by atoms with Crippen molar-refractivity contribution >= 4 is 44.8 Å². The first-order chi connectivity index (χ1) is 15.5. The summed E-state index contributed by atoms with van der Waals surface area (Å²) in [7, 11) is -1.90. The van der Waals surface area contributed by atoms with Gasteiger partial charge in [-0.15, -0.1) is 0 Å². The number of aromatic nitrogens is 2. The molecule has 0 atom stereocenters. The van der Waals surface area contributed by atoms with Gasteiger partial charge < -0.3 is 14.8 Å². The molecule has 0 unspecified atom stereocenters. The molecule has 3 aromatic rings. The van der Waals surface area contributed by atoms with Crippen LogP contribution < -0.4 is 14.8 Å². The van der Waals surface area contributed by atoms with Gasteiger partial charge in [0.25, 0.3) is 10.0 Å². The number of ether oxygens (including phenoxy) is 2. The topological polar surface area (TPSA) is 99.5 Å². The lowest BCUT2D eigenvalue weighted by Gasteiger charge is -2.16. The van der Waals surface area contributed by atoms with E-state index in [1.165, 1.54) is 24.5 Å². The first-order valence-corrected chi connectivity index (χ1v) is 12.5. The molecule has 0 aliphatic heterocycles. The van der Waals surface area contributed by atoms with E-state index in [9.17, 15) is 13.2 Å². The molecule has 1 aromatic heterocycles. The molecular weight excluding hydrogens is 489 g/mol. The summed E-state index contributed by atoms with van der Waals surface area (Å²) in [5, 5.41) is 6.85. The number of halogens is 2. The Morgan fingerprint density at radius 2 is 1.85 bits per heavy atom. The number of anilines is 1. The molecule has 0 aliphatic rings. The normalized spacial score (nSPS) is 11.5. The molecule has 2 aromatic carbocycles. The third-order valence-electron chi connectivity index (χ3n) is 4.64. The molecule has 8 nitrogen and oxygen atoms in total. The van der Waals surface area contributed by atoms with Gasteiger partial charge in [-0.25, -0.2) is 8.42 Å². The largest absolute Gasteiger partial charge is 0.496 e.